The van der Waals surface area contributed by atoms with E-state index in [4.69, 9.17) is 4.74 Å². The fraction of sp³-hybridized carbons (Fsp3) is 0.750. The van der Waals surface area contributed by atoms with Crippen LogP contribution in [0.4, 0.5) is 11.5 Å². The average Bonchev–Trinajstić information content (AvgIpc) is 2.95. The lowest BCUT2D eigenvalue weighted by molar-refractivity contribution is -0.384. The van der Waals surface area contributed by atoms with Gasteiger partial charge < -0.3 is 10.1 Å². The van der Waals surface area contributed by atoms with Crippen LogP contribution in [0, 0.1) is 10.1 Å². The molecule has 0 aromatic carbocycles. The highest BCUT2D eigenvalue weighted by molar-refractivity contribution is 5.59. The predicted octanol–water partition coefficient (Wildman–Crippen LogP) is 1.87. The lowest BCUT2D eigenvalue weighted by atomic mass is 10.2. The van der Waals surface area contributed by atoms with Crippen molar-refractivity contribution in [2.45, 2.75) is 38.7 Å². The molecule has 2 heterocycles. The number of nitrogens with zero attached hydrogens (tertiary/aromatic N) is 3. The standard InChI is InChI=1S/C12H20N4O3/c1-3-5-10-11(16(17)18)12(15(2)14-10)13-8-9-6-4-7-19-9/h9,13H,3-8H2,1-2H3. The molecule has 1 aromatic heterocycles. The zero-order valence-electron chi connectivity index (χ0n) is 11.4. The molecule has 106 valence electrons. The average molecular weight is 268 g/mol. The van der Waals surface area contributed by atoms with Crippen LogP contribution in [0.3, 0.4) is 0 Å². The van der Waals surface area contributed by atoms with Crippen LogP contribution < -0.4 is 5.32 Å². The van der Waals surface area contributed by atoms with E-state index >= 15 is 0 Å². The summed E-state index contributed by atoms with van der Waals surface area (Å²) >= 11 is 0. The van der Waals surface area contributed by atoms with Gasteiger partial charge in [0.05, 0.1) is 11.0 Å². The van der Waals surface area contributed by atoms with Crippen LogP contribution in [0.5, 0.6) is 0 Å². The van der Waals surface area contributed by atoms with Crippen molar-refractivity contribution in [1.29, 1.82) is 0 Å². The molecule has 1 aromatic rings. The SMILES string of the molecule is CCCc1nn(C)c(NCC2CCCO2)c1[N+](=O)[O-]. The van der Waals surface area contributed by atoms with Gasteiger partial charge in [0.25, 0.3) is 0 Å². The van der Waals surface area contributed by atoms with Crippen molar-refractivity contribution in [3.63, 3.8) is 0 Å². The van der Waals surface area contributed by atoms with Gasteiger partial charge in [-0.05, 0) is 19.3 Å². The molecule has 1 saturated heterocycles. The van der Waals surface area contributed by atoms with Gasteiger partial charge in [-0.3, -0.25) is 10.1 Å². The highest BCUT2D eigenvalue weighted by atomic mass is 16.6. The molecule has 0 saturated carbocycles. The van der Waals surface area contributed by atoms with Crippen molar-refractivity contribution in [1.82, 2.24) is 9.78 Å². The summed E-state index contributed by atoms with van der Waals surface area (Å²) in [6.07, 6.45) is 3.65. The van der Waals surface area contributed by atoms with Gasteiger partial charge in [-0.2, -0.15) is 5.10 Å². The number of aromatic nitrogens is 2. The maximum absolute atomic E-state index is 11.2. The lowest BCUT2D eigenvalue weighted by Crippen LogP contribution is -2.20. The summed E-state index contributed by atoms with van der Waals surface area (Å²) in [6.45, 7) is 3.35. The van der Waals surface area contributed by atoms with Gasteiger partial charge in [0.1, 0.15) is 5.69 Å². The van der Waals surface area contributed by atoms with Crippen LogP contribution in [0.2, 0.25) is 0 Å². The van der Waals surface area contributed by atoms with Crippen LogP contribution in [0.15, 0.2) is 0 Å². The number of ether oxygens (including phenoxy) is 1. The van der Waals surface area contributed by atoms with E-state index in [0.717, 1.165) is 25.9 Å². The molecule has 1 N–H and O–H groups in total. The molecule has 1 fully saturated rings. The largest absolute Gasteiger partial charge is 0.376 e. The molecule has 1 aliphatic rings. The van der Waals surface area contributed by atoms with E-state index in [2.05, 4.69) is 10.4 Å². The van der Waals surface area contributed by atoms with Gasteiger partial charge in [0, 0.05) is 20.2 Å². The van der Waals surface area contributed by atoms with E-state index in [9.17, 15) is 10.1 Å². The number of rotatable bonds is 6. The molecule has 0 spiro atoms. The third-order valence-corrected chi connectivity index (χ3v) is 3.28. The Morgan fingerprint density at radius 2 is 2.42 bits per heavy atom. The van der Waals surface area contributed by atoms with Gasteiger partial charge in [-0.15, -0.1) is 0 Å². The number of anilines is 1. The number of nitro groups is 1. The van der Waals surface area contributed by atoms with Crippen LogP contribution >= 0.6 is 0 Å². The van der Waals surface area contributed by atoms with Gasteiger partial charge in [0.2, 0.25) is 5.82 Å². The second-order valence-corrected chi connectivity index (χ2v) is 4.79. The molecule has 7 nitrogen and oxygen atoms in total. The summed E-state index contributed by atoms with van der Waals surface area (Å²) in [7, 11) is 1.73. The van der Waals surface area contributed by atoms with Crippen molar-refractivity contribution < 1.29 is 9.66 Å². The van der Waals surface area contributed by atoms with E-state index in [0.29, 0.717) is 24.5 Å². The second-order valence-electron chi connectivity index (χ2n) is 4.79. The summed E-state index contributed by atoms with van der Waals surface area (Å²) in [5, 5.41) is 18.6. The maximum atomic E-state index is 11.2. The topological polar surface area (TPSA) is 82.2 Å². The first kappa shape index (κ1) is 13.8. The normalized spacial score (nSPS) is 18.7. The molecule has 0 radical (unpaired) electrons. The Morgan fingerprint density at radius 1 is 1.63 bits per heavy atom. The Morgan fingerprint density at radius 3 is 3.00 bits per heavy atom. The minimum absolute atomic E-state index is 0.0994. The van der Waals surface area contributed by atoms with Crippen LogP contribution in [0.1, 0.15) is 31.9 Å². The zero-order chi connectivity index (χ0) is 13.8. The van der Waals surface area contributed by atoms with E-state index in [-0.39, 0.29) is 16.7 Å². The Balaban J connectivity index is 2.15. The summed E-state index contributed by atoms with van der Waals surface area (Å²) in [4.78, 5) is 10.9. The Labute approximate surface area is 112 Å². The molecule has 2 rings (SSSR count). The third kappa shape index (κ3) is 3.04. The minimum atomic E-state index is -0.351. The van der Waals surface area contributed by atoms with Gasteiger partial charge >= 0.3 is 5.69 Å². The van der Waals surface area contributed by atoms with Crippen LogP contribution in [0.25, 0.3) is 0 Å². The predicted molar refractivity (Wildman–Crippen MR) is 71.3 cm³/mol. The van der Waals surface area contributed by atoms with Crippen molar-refractivity contribution in [3.8, 4) is 0 Å². The van der Waals surface area contributed by atoms with E-state index in [1.165, 1.54) is 0 Å². The van der Waals surface area contributed by atoms with E-state index in [1.807, 2.05) is 6.92 Å². The van der Waals surface area contributed by atoms with Crippen LogP contribution in [-0.4, -0.2) is 34.0 Å². The lowest BCUT2D eigenvalue weighted by Gasteiger charge is -2.11. The van der Waals surface area contributed by atoms with Crippen molar-refractivity contribution >= 4 is 11.5 Å². The molecular weight excluding hydrogens is 248 g/mol. The Kier molecular flexibility index (Phi) is 4.36. The molecule has 1 unspecified atom stereocenters. The molecule has 0 bridgehead atoms. The van der Waals surface area contributed by atoms with E-state index < -0.39 is 0 Å². The summed E-state index contributed by atoms with van der Waals surface area (Å²) < 4.78 is 7.06. The fourth-order valence-electron chi connectivity index (χ4n) is 2.38. The Bertz CT molecular complexity index is 452. The summed E-state index contributed by atoms with van der Waals surface area (Å²) in [5.74, 6) is 0.476. The first-order chi connectivity index (χ1) is 9.13. The zero-order valence-corrected chi connectivity index (χ0v) is 11.4. The minimum Gasteiger partial charge on any atom is -0.376 e. The second kappa shape index (κ2) is 6.01. The molecule has 19 heavy (non-hydrogen) atoms. The molecule has 0 aliphatic carbocycles. The molecular formula is C12H20N4O3. The smallest absolute Gasteiger partial charge is 0.333 e. The fourth-order valence-corrected chi connectivity index (χ4v) is 2.38. The highest BCUT2D eigenvalue weighted by Gasteiger charge is 2.27. The van der Waals surface area contributed by atoms with Crippen molar-refractivity contribution in [2.75, 3.05) is 18.5 Å². The number of nitrogens with one attached hydrogen (secondary N) is 1. The summed E-state index contributed by atoms with van der Waals surface area (Å²) in [5.41, 5.74) is 0.646. The Hall–Kier alpha value is -1.63. The van der Waals surface area contributed by atoms with E-state index in [1.54, 1.807) is 11.7 Å². The number of hydrogen-bond donors (Lipinski definition) is 1. The number of aryl methyl sites for hydroxylation is 2. The van der Waals surface area contributed by atoms with Crippen LogP contribution in [-0.2, 0) is 18.2 Å². The quantitative estimate of drug-likeness (QED) is 0.629. The maximum Gasteiger partial charge on any atom is 0.333 e. The van der Waals surface area contributed by atoms with Gasteiger partial charge in [0.15, 0.2) is 0 Å². The molecule has 0 amide bonds. The van der Waals surface area contributed by atoms with Crippen molar-refractivity contribution in [2.24, 2.45) is 7.05 Å². The van der Waals surface area contributed by atoms with Crippen molar-refractivity contribution in [3.05, 3.63) is 15.8 Å². The monoisotopic (exact) mass is 268 g/mol. The molecule has 1 atom stereocenters. The molecule has 7 heteroatoms. The highest BCUT2D eigenvalue weighted by Crippen LogP contribution is 2.29. The van der Waals surface area contributed by atoms with Gasteiger partial charge in [-0.1, -0.05) is 13.3 Å². The van der Waals surface area contributed by atoms with Gasteiger partial charge in [-0.25, -0.2) is 4.68 Å². The number of hydrogen-bond acceptors (Lipinski definition) is 5. The first-order valence-electron chi connectivity index (χ1n) is 6.69. The third-order valence-electron chi connectivity index (χ3n) is 3.28. The first-order valence-corrected chi connectivity index (χ1v) is 6.69. The summed E-state index contributed by atoms with van der Waals surface area (Å²) in [6, 6.07) is 0. The molecule has 1 aliphatic heterocycles.